The predicted octanol–water partition coefficient (Wildman–Crippen LogP) is 6.94. The van der Waals surface area contributed by atoms with E-state index in [2.05, 4.69) is 0 Å². The van der Waals surface area contributed by atoms with Crippen molar-refractivity contribution in [3.05, 3.63) is 125 Å². The van der Waals surface area contributed by atoms with Crippen LogP contribution in [0.5, 0.6) is 0 Å². The van der Waals surface area contributed by atoms with E-state index in [1.807, 2.05) is 115 Å². The molecular formula is C28H22O3S. The van der Waals surface area contributed by atoms with Crippen molar-refractivity contribution in [3.63, 3.8) is 0 Å². The van der Waals surface area contributed by atoms with Crippen LogP contribution in [-0.2, 0) is 10.1 Å². The molecule has 0 saturated carbocycles. The van der Waals surface area contributed by atoms with E-state index in [4.69, 9.17) is 0 Å². The molecule has 158 valence electrons. The van der Waals surface area contributed by atoms with Crippen molar-refractivity contribution in [2.24, 2.45) is 0 Å². The van der Waals surface area contributed by atoms with E-state index in [0.717, 1.165) is 11.1 Å². The minimum absolute atomic E-state index is 0.105. The van der Waals surface area contributed by atoms with E-state index in [-0.39, 0.29) is 4.90 Å². The minimum atomic E-state index is -4.51. The van der Waals surface area contributed by atoms with Crippen LogP contribution in [0.25, 0.3) is 35.4 Å². The van der Waals surface area contributed by atoms with E-state index in [9.17, 15) is 13.0 Å². The van der Waals surface area contributed by atoms with Gasteiger partial charge in [-0.15, -0.1) is 0 Å². The van der Waals surface area contributed by atoms with E-state index in [0.29, 0.717) is 22.3 Å². The van der Waals surface area contributed by atoms with Crippen LogP contribution in [0.15, 0.2) is 108 Å². The van der Waals surface area contributed by atoms with Crippen molar-refractivity contribution in [2.45, 2.75) is 4.90 Å². The summed E-state index contributed by atoms with van der Waals surface area (Å²) in [6.07, 6.45) is 7.38. The topological polar surface area (TPSA) is 54.4 Å². The molecule has 0 radical (unpaired) electrons. The number of hydrogen-bond acceptors (Lipinski definition) is 2. The maximum absolute atomic E-state index is 12.6. The summed E-state index contributed by atoms with van der Waals surface area (Å²) in [6, 6.07) is 32.2. The first-order valence-electron chi connectivity index (χ1n) is 10.2. The van der Waals surface area contributed by atoms with E-state index >= 15 is 0 Å². The lowest BCUT2D eigenvalue weighted by molar-refractivity contribution is 0.483. The third kappa shape index (κ3) is 5.11. The Bertz CT molecular complexity index is 1360. The molecule has 4 rings (SSSR count). The fourth-order valence-electron chi connectivity index (χ4n) is 3.55. The van der Waals surface area contributed by atoms with Crippen LogP contribution in [0.3, 0.4) is 0 Å². The lowest BCUT2D eigenvalue weighted by Crippen LogP contribution is -2.05. The standard InChI is InChI=1S/C28H22O3S/c29-32(30,31)28-26(20-17-23-12-6-2-7-13-23)25(18-16-22-10-4-1-5-11-22)19-21-27(28)24-14-8-3-9-15-24/h1-21H,(H,29,30,31). The highest BCUT2D eigenvalue weighted by Gasteiger charge is 2.22. The summed E-state index contributed by atoms with van der Waals surface area (Å²) >= 11 is 0. The lowest BCUT2D eigenvalue weighted by atomic mass is 9.97. The Kier molecular flexibility index (Phi) is 6.45. The Morgan fingerprint density at radius 2 is 1.06 bits per heavy atom. The molecule has 0 heterocycles. The van der Waals surface area contributed by atoms with Crippen molar-refractivity contribution in [3.8, 4) is 11.1 Å². The average molecular weight is 439 g/mol. The molecule has 1 N–H and O–H groups in total. The van der Waals surface area contributed by atoms with Gasteiger partial charge in [-0.05, 0) is 22.3 Å². The van der Waals surface area contributed by atoms with Crippen LogP contribution in [-0.4, -0.2) is 13.0 Å². The van der Waals surface area contributed by atoms with Crippen LogP contribution < -0.4 is 0 Å². The normalized spacial score (nSPS) is 11.9. The first-order valence-corrected chi connectivity index (χ1v) is 11.6. The van der Waals surface area contributed by atoms with Gasteiger partial charge >= 0.3 is 0 Å². The fourth-order valence-corrected chi connectivity index (χ4v) is 4.48. The van der Waals surface area contributed by atoms with Crippen LogP contribution in [0.2, 0.25) is 0 Å². The highest BCUT2D eigenvalue weighted by Crippen LogP contribution is 2.34. The molecule has 0 amide bonds. The summed E-state index contributed by atoms with van der Waals surface area (Å²) in [5.74, 6) is 0. The molecule has 0 aromatic heterocycles. The average Bonchev–Trinajstić information content (AvgIpc) is 2.82. The Morgan fingerprint density at radius 3 is 1.59 bits per heavy atom. The third-order valence-corrected chi connectivity index (χ3v) is 6.03. The molecule has 0 aliphatic carbocycles. The van der Waals surface area contributed by atoms with E-state index in [1.165, 1.54) is 0 Å². The van der Waals surface area contributed by atoms with Crippen LogP contribution in [0.4, 0.5) is 0 Å². The zero-order chi connectivity index (χ0) is 22.4. The molecule has 32 heavy (non-hydrogen) atoms. The van der Waals surface area contributed by atoms with Gasteiger partial charge in [0.2, 0.25) is 0 Å². The van der Waals surface area contributed by atoms with Crippen molar-refractivity contribution in [1.29, 1.82) is 0 Å². The van der Waals surface area contributed by atoms with Crippen LogP contribution in [0, 0.1) is 0 Å². The fraction of sp³-hybridized carbons (Fsp3) is 0. The molecule has 0 spiro atoms. The number of rotatable bonds is 6. The van der Waals surface area contributed by atoms with Crippen molar-refractivity contribution in [1.82, 2.24) is 0 Å². The molecule has 0 unspecified atom stereocenters. The van der Waals surface area contributed by atoms with Gasteiger partial charge in [-0.1, -0.05) is 127 Å². The second kappa shape index (κ2) is 9.60. The summed E-state index contributed by atoms with van der Waals surface area (Å²) in [7, 11) is -4.51. The molecule has 0 saturated heterocycles. The molecule has 4 heteroatoms. The van der Waals surface area contributed by atoms with Gasteiger partial charge in [0.1, 0.15) is 4.90 Å². The molecule has 3 nitrogen and oxygen atoms in total. The minimum Gasteiger partial charge on any atom is -0.282 e. The molecule has 0 aliphatic heterocycles. The zero-order valence-corrected chi connectivity index (χ0v) is 18.1. The van der Waals surface area contributed by atoms with Gasteiger partial charge in [0.05, 0.1) is 0 Å². The molecule has 0 fully saturated rings. The van der Waals surface area contributed by atoms with E-state index in [1.54, 1.807) is 12.1 Å². The van der Waals surface area contributed by atoms with Gasteiger partial charge in [0, 0.05) is 11.1 Å². The smallest absolute Gasteiger partial charge is 0.282 e. The summed E-state index contributed by atoms with van der Waals surface area (Å²) < 4.78 is 35.4. The Morgan fingerprint density at radius 1 is 0.562 bits per heavy atom. The molecule has 4 aromatic carbocycles. The number of hydrogen-bond donors (Lipinski definition) is 1. The maximum Gasteiger partial charge on any atom is 0.295 e. The van der Waals surface area contributed by atoms with Crippen LogP contribution >= 0.6 is 0 Å². The molecule has 0 bridgehead atoms. The van der Waals surface area contributed by atoms with Crippen molar-refractivity contribution in [2.75, 3.05) is 0 Å². The van der Waals surface area contributed by atoms with Crippen molar-refractivity contribution < 1.29 is 13.0 Å². The molecular weight excluding hydrogens is 416 g/mol. The van der Waals surface area contributed by atoms with Gasteiger partial charge < -0.3 is 0 Å². The maximum atomic E-state index is 12.6. The summed E-state index contributed by atoms with van der Waals surface area (Å²) in [5.41, 5.74) is 4.21. The monoisotopic (exact) mass is 438 g/mol. The predicted molar refractivity (Wildman–Crippen MR) is 132 cm³/mol. The van der Waals surface area contributed by atoms with Gasteiger partial charge in [-0.3, -0.25) is 4.55 Å². The molecule has 4 aromatic rings. The second-order valence-electron chi connectivity index (χ2n) is 7.27. The Labute approximate surface area is 188 Å². The first kappa shape index (κ1) is 21.5. The van der Waals surface area contributed by atoms with Gasteiger partial charge in [-0.25, -0.2) is 0 Å². The molecule has 0 aliphatic rings. The summed E-state index contributed by atoms with van der Waals surface area (Å²) in [6.45, 7) is 0. The quantitative estimate of drug-likeness (QED) is 0.262. The molecule has 0 atom stereocenters. The van der Waals surface area contributed by atoms with Crippen LogP contribution in [0.1, 0.15) is 22.3 Å². The largest absolute Gasteiger partial charge is 0.295 e. The zero-order valence-electron chi connectivity index (χ0n) is 17.3. The first-order chi connectivity index (χ1) is 15.5. The van der Waals surface area contributed by atoms with Gasteiger partial charge in [0.15, 0.2) is 0 Å². The second-order valence-corrected chi connectivity index (χ2v) is 8.63. The van der Waals surface area contributed by atoms with E-state index < -0.39 is 10.1 Å². The Balaban J connectivity index is 1.93. The Hall–Kier alpha value is -3.73. The summed E-state index contributed by atoms with van der Waals surface area (Å²) in [4.78, 5) is -0.105. The third-order valence-electron chi connectivity index (χ3n) is 5.07. The van der Waals surface area contributed by atoms with Gasteiger partial charge in [0.25, 0.3) is 10.1 Å². The lowest BCUT2D eigenvalue weighted by Gasteiger charge is -2.14. The van der Waals surface area contributed by atoms with Gasteiger partial charge in [-0.2, -0.15) is 8.42 Å². The van der Waals surface area contributed by atoms with Crippen molar-refractivity contribution >= 4 is 34.4 Å². The highest BCUT2D eigenvalue weighted by atomic mass is 32.2. The highest BCUT2D eigenvalue weighted by molar-refractivity contribution is 7.86. The SMILES string of the molecule is O=S(=O)(O)c1c(-c2ccccc2)ccc(C=Cc2ccccc2)c1C=Cc1ccccc1. The number of benzene rings is 4. The summed E-state index contributed by atoms with van der Waals surface area (Å²) in [5, 5.41) is 0.